The molecule has 2 heterocycles. The zero-order chi connectivity index (χ0) is 15.0. The second-order valence-electron chi connectivity index (χ2n) is 4.87. The van der Waals surface area contributed by atoms with Gasteiger partial charge in [0.25, 0.3) is 0 Å². The lowest BCUT2D eigenvalue weighted by Crippen LogP contribution is -2.31. The first-order valence-corrected chi connectivity index (χ1v) is 7.91. The number of fused-ring (bicyclic) bond motifs is 1. The number of alkyl halides is 1. The van der Waals surface area contributed by atoms with Gasteiger partial charge < -0.3 is 14.0 Å². The number of halogens is 2. The molecular formula is C14H14BrClN2O3. The van der Waals surface area contributed by atoms with E-state index in [-0.39, 0.29) is 12.1 Å². The summed E-state index contributed by atoms with van der Waals surface area (Å²) in [6.07, 6.45) is 1.21. The van der Waals surface area contributed by atoms with Crippen LogP contribution in [0.2, 0.25) is 0 Å². The quantitative estimate of drug-likeness (QED) is 0.610. The maximum Gasteiger partial charge on any atom is 0.337 e. The van der Waals surface area contributed by atoms with Gasteiger partial charge in [-0.1, -0.05) is 0 Å². The van der Waals surface area contributed by atoms with E-state index in [0.29, 0.717) is 18.0 Å². The molecule has 112 valence electrons. The molecule has 1 aromatic carbocycles. The van der Waals surface area contributed by atoms with Crippen molar-refractivity contribution in [3.8, 4) is 0 Å². The van der Waals surface area contributed by atoms with Crippen LogP contribution in [0.25, 0.3) is 11.0 Å². The molecule has 0 saturated carbocycles. The lowest BCUT2D eigenvalue weighted by atomic mass is 10.1. The van der Waals surface area contributed by atoms with Gasteiger partial charge in [0, 0.05) is 11.1 Å². The minimum atomic E-state index is -0.377. The van der Waals surface area contributed by atoms with Gasteiger partial charge in [-0.05, 0) is 34.5 Å². The first-order chi connectivity index (χ1) is 10.1. The Bertz CT molecular complexity index is 697. The molecule has 2 aromatic rings. The number of esters is 1. The highest BCUT2D eigenvalue weighted by Crippen LogP contribution is 2.29. The first kappa shape index (κ1) is 14.8. The second-order valence-corrected chi connectivity index (χ2v) is 5.99. The summed E-state index contributed by atoms with van der Waals surface area (Å²) in [6, 6.07) is 3.50. The van der Waals surface area contributed by atoms with Gasteiger partial charge in [-0.25, -0.2) is 9.78 Å². The molecule has 7 heteroatoms. The summed E-state index contributed by atoms with van der Waals surface area (Å²) in [6.45, 7) is 1.49. The van der Waals surface area contributed by atoms with Crippen LogP contribution in [0.5, 0.6) is 0 Å². The molecule has 1 saturated heterocycles. The van der Waals surface area contributed by atoms with Crippen LogP contribution in [-0.4, -0.2) is 35.3 Å². The fourth-order valence-electron chi connectivity index (χ4n) is 2.40. The Hall–Kier alpha value is -1.11. The van der Waals surface area contributed by atoms with E-state index in [9.17, 15) is 4.79 Å². The van der Waals surface area contributed by atoms with Gasteiger partial charge in [-0.15, -0.1) is 11.6 Å². The van der Waals surface area contributed by atoms with Crippen LogP contribution in [0.3, 0.4) is 0 Å². The lowest BCUT2D eigenvalue weighted by molar-refractivity contribution is -0.0589. The van der Waals surface area contributed by atoms with Crippen molar-refractivity contribution in [1.29, 1.82) is 0 Å². The topological polar surface area (TPSA) is 53.3 Å². The van der Waals surface area contributed by atoms with E-state index in [1.165, 1.54) is 7.11 Å². The van der Waals surface area contributed by atoms with Crippen LogP contribution < -0.4 is 0 Å². The molecule has 1 atom stereocenters. The maximum absolute atomic E-state index is 11.8. The van der Waals surface area contributed by atoms with Gasteiger partial charge >= 0.3 is 5.97 Å². The number of hydrogen-bond donors (Lipinski definition) is 0. The smallest absolute Gasteiger partial charge is 0.337 e. The van der Waals surface area contributed by atoms with Gasteiger partial charge in [0.2, 0.25) is 0 Å². The number of methoxy groups -OCH3 is 1. The van der Waals surface area contributed by atoms with Crippen LogP contribution in [0.4, 0.5) is 0 Å². The van der Waals surface area contributed by atoms with Crippen molar-refractivity contribution in [3.05, 3.63) is 28.0 Å². The van der Waals surface area contributed by atoms with Crippen molar-refractivity contribution in [3.63, 3.8) is 0 Å². The average Bonchev–Trinajstić information content (AvgIpc) is 2.80. The van der Waals surface area contributed by atoms with E-state index < -0.39 is 0 Å². The van der Waals surface area contributed by atoms with Gasteiger partial charge in [0.1, 0.15) is 11.3 Å². The van der Waals surface area contributed by atoms with E-state index in [4.69, 9.17) is 21.1 Å². The standard InChI is InChI=1S/C14H14BrClN2O3/c1-20-14(19)8-4-10(15)13-11(5-8)18(12(6-16)17-13)7-9-2-3-21-9/h4-5,9H,2-3,6-7H2,1H3/t9-/m0/s1. The van der Waals surface area contributed by atoms with Crippen LogP contribution in [0.1, 0.15) is 22.6 Å². The molecule has 0 unspecified atom stereocenters. The molecule has 0 radical (unpaired) electrons. The summed E-state index contributed by atoms with van der Waals surface area (Å²) >= 11 is 9.46. The predicted octanol–water partition coefficient (Wildman–Crippen LogP) is 3.11. The lowest BCUT2D eigenvalue weighted by Gasteiger charge is -2.27. The third-order valence-electron chi connectivity index (χ3n) is 3.61. The van der Waals surface area contributed by atoms with Gasteiger partial charge in [0.15, 0.2) is 0 Å². The fraction of sp³-hybridized carbons (Fsp3) is 0.429. The Labute approximate surface area is 135 Å². The summed E-state index contributed by atoms with van der Waals surface area (Å²) in [5.41, 5.74) is 2.13. The summed E-state index contributed by atoms with van der Waals surface area (Å²) in [7, 11) is 1.37. The minimum Gasteiger partial charge on any atom is -0.465 e. The molecule has 3 rings (SSSR count). The monoisotopic (exact) mass is 372 g/mol. The molecule has 0 aliphatic carbocycles. The molecule has 0 amide bonds. The molecule has 0 N–H and O–H groups in total. The molecular weight excluding hydrogens is 360 g/mol. The van der Waals surface area contributed by atoms with Crippen molar-refractivity contribution in [1.82, 2.24) is 9.55 Å². The number of ether oxygens (including phenoxy) is 2. The Kier molecular flexibility index (Phi) is 4.19. The van der Waals surface area contributed by atoms with E-state index >= 15 is 0 Å². The molecule has 5 nitrogen and oxygen atoms in total. The normalized spacial score (nSPS) is 17.8. The van der Waals surface area contributed by atoms with Crippen LogP contribution in [0, 0.1) is 0 Å². The van der Waals surface area contributed by atoms with E-state index in [1.807, 2.05) is 4.57 Å². The second kappa shape index (κ2) is 5.94. The molecule has 1 aliphatic heterocycles. The highest BCUT2D eigenvalue weighted by atomic mass is 79.9. The molecule has 0 bridgehead atoms. The largest absolute Gasteiger partial charge is 0.465 e. The van der Waals surface area contributed by atoms with Crippen molar-refractivity contribution in [2.75, 3.05) is 13.7 Å². The fourth-order valence-corrected chi connectivity index (χ4v) is 3.15. The number of imidazole rings is 1. The first-order valence-electron chi connectivity index (χ1n) is 6.58. The van der Waals surface area contributed by atoms with Crippen LogP contribution in [-0.2, 0) is 21.9 Å². The SMILES string of the molecule is COC(=O)c1cc(Br)c2nc(CCl)n(C[C@@H]3CCO3)c2c1. The third-order valence-corrected chi connectivity index (χ3v) is 4.45. The maximum atomic E-state index is 11.8. The average molecular weight is 374 g/mol. The Morgan fingerprint density at radius 2 is 2.38 bits per heavy atom. The number of aromatic nitrogens is 2. The van der Waals surface area contributed by atoms with Crippen molar-refractivity contribution in [2.24, 2.45) is 0 Å². The third kappa shape index (κ3) is 2.67. The van der Waals surface area contributed by atoms with Crippen molar-refractivity contribution >= 4 is 44.5 Å². The number of rotatable bonds is 4. The summed E-state index contributed by atoms with van der Waals surface area (Å²) in [5.74, 6) is 0.698. The summed E-state index contributed by atoms with van der Waals surface area (Å²) in [5, 5.41) is 0. The number of carbonyl (C=O) groups excluding carboxylic acids is 1. The zero-order valence-corrected chi connectivity index (χ0v) is 13.8. The summed E-state index contributed by atoms with van der Waals surface area (Å²) in [4.78, 5) is 16.3. The number of benzene rings is 1. The number of carbonyl (C=O) groups is 1. The zero-order valence-electron chi connectivity index (χ0n) is 11.4. The van der Waals surface area contributed by atoms with Crippen LogP contribution >= 0.6 is 27.5 Å². The number of hydrogen-bond acceptors (Lipinski definition) is 4. The van der Waals surface area contributed by atoms with Gasteiger partial charge in [-0.2, -0.15) is 0 Å². The summed E-state index contributed by atoms with van der Waals surface area (Å²) < 4.78 is 13.0. The highest BCUT2D eigenvalue weighted by Gasteiger charge is 2.23. The predicted molar refractivity (Wildman–Crippen MR) is 82.7 cm³/mol. The van der Waals surface area contributed by atoms with E-state index in [1.54, 1.807) is 12.1 Å². The Morgan fingerprint density at radius 1 is 1.62 bits per heavy atom. The van der Waals surface area contributed by atoms with Crippen molar-refractivity contribution in [2.45, 2.75) is 24.9 Å². The van der Waals surface area contributed by atoms with E-state index in [0.717, 1.165) is 34.4 Å². The number of nitrogens with zero attached hydrogens (tertiary/aromatic N) is 2. The molecule has 1 aliphatic rings. The van der Waals surface area contributed by atoms with Crippen molar-refractivity contribution < 1.29 is 14.3 Å². The molecule has 1 aromatic heterocycles. The Morgan fingerprint density at radius 3 is 2.95 bits per heavy atom. The Balaban J connectivity index is 2.12. The minimum absolute atomic E-state index is 0.185. The van der Waals surface area contributed by atoms with Gasteiger partial charge in [0.05, 0.1) is 36.7 Å². The van der Waals surface area contributed by atoms with E-state index in [2.05, 4.69) is 20.9 Å². The molecule has 21 heavy (non-hydrogen) atoms. The molecule has 1 fully saturated rings. The molecule has 0 spiro atoms. The van der Waals surface area contributed by atoms with Crippen LogP contribution in [0.15, 0.2) is 16.6 Å². The highest BCUT2D eigenvalue weighted by molar-refractivity contribution is 9.10. The van der Waals surface area contributed by atoms with Gasteiger partial charge in [-0.3, -0.25) is 0 Å².